The molecule has 140 valence electrons. The monoisotopic (exact) mass is 379 g/mol. The van der Waals surface area contributed by atoms with Crippen LogP contribution in [0.1, 0.15) is 24.8 Å². The Morgan fingerprint density at radius 2 is 2.19 bits per heavy atom. The molecule has 2 aromatic heterocycles. The summed E-state index contributed by atoms with van der Waals surface area (Å²) in [5, 5.41) is 7.41. The van der Waals surface area contributed by atoms with Crippen molar-refractivity contribution in [3.63, 3.8) is 0 Å². The first kappa shape index (κ1) is 17.6. The highest BCUT2D eigenvalue weighted by Gasteiger charge is 2.43. The molecule has 0 radical (unpaired) electrons. The van der Waals surface area contributed by atoms with Crippen molar-refractivity contribution in [3.05, 3.63) is 36.0 Å². The van der Waals surface area contributed by atoms with Gasteiger partial charge in [-0.15, -0.1) is 0 Å². The second-order valence-electron chi connectivity index (χ2n) is 7.18. The molecule has 1 spiro atoms. The van der Waals surface area contributed by atoms with Crippen molar-refractivity contribution < 1.29 is 12.8 Å². The van der Waals surface area contributed by atoms with Crippen molar-refractivity contribution in [1.82, 2.24) is 25.0 Å². The zero-order valence-electron chi connectivity index (χ0n) is 14.7. The molecule has 0 bridgehead atoms. The third-order valence-electron chi connectivity index (χ3n) is 5.48. The summed E-state index contributed by atoms with van der Waals surface area (Å²) < 4.78 is 39.5. The maximum Gasteiger partial charge on any atom is 0.190 e. The smallest absolute Gasteiger partial charge is 0.190 e. The van der Waals surface area contributed by atoms with Crippen LogP contribution in [0.5, 0.6) is 0 Å². The summed E-state index contributed by atoms with van der Waals surface area (Å²) >= 11 is 0. The second kappa shape index (κ2) is 6.40. The quantitative estimate of drug-likeness (QED) is 0.858. The first-order chi connectivity index (χ1) is 12.4. The average Bonchev–Trinajstić information content (AvgIpc) is 3.06. The number of hydrogen-bond donors (Lipinski definition) is 1. The van der Waals surface area contributed by atoms with Gasteiger partial charge in [-0.3, -0.25) is 4.90 Å². The minimum atomic E-state index is -3.40. The Morgan fingerprint density at radius 1 is 1.38 bits per heavy atom. The lowest BCUT2D eigenvalue weighted by molar-refractivity contribution is -0.0110. The molecule has 1 saturated heterocycles. The molecule has 1 aliphatic carbocycles. The SMILES string of the molecule is CS(=O)(=O)c1cnn(-c2nccc(CN3CCNCC34CCC4)c2F)c1. The van der Waals surface area contributed by atoms with Crippen molar-refractivity contribution in [2.45, 2.75) is 36.2 Å². The largest absolute Gasteiger partial charge is 0.314 e. The van der Waals surface area contributed by atoms with Crippen LogP contribution in [-0.4, -0.2) is 59.5 Å². The Morgan fingerprint density at radius 3 is 2.85 bits per heavy atom. The summed E-state index contributed by atoms with van der Waals surface area (Å²) in [6, 6.07) is 1.69. The summed E-state index contributed by atoms with van der Waals surface area (Å²) in [5.41, 5.74) is 0.697. The van der Waals surface area contributed by atoms with Gasteiger partial charge in [0.1, 0.15) is 4.90 Å². The van der Waals surface area contributed by atoms with Crippen molar-refractivity contribution in [2.75, 3.05) is 25.9 Å². The topological polar surface area (TPSA) is 80.1 Å². The zero-order valence-corrected chi connectivity index (χ0v) is 15.5. The molecule has 7 nitrogen and oxygen atoms in total. The lowest BCUT2D eigenvalue weighted by Gasteiger charge is -2.53. The van der Waals surface area contributed by atoms with E-state index in [9.17, 15) is 8.42 Å². The van der Waals surface area contributed by atoms with E-state index in [1.165, 1.54) is 23.5 Å². The van der Waals surface area contributed by atoms with Gasteiger partial charge in [0, 0.05) is 49.7 Å². The molecule has 3 heterocycles. The number of rotatable bonds is 4. The Hall–Kier alpha value is -1.84. The molecule has 1 N–H and O–H groups in total. The highest BCUT2D eigenvalue weighted by molar-refractivity contribution is 7.90. The number of nitrogens with one attached hydrogen (secondary N) is 1. The molecule has 0 amide bonds. The highest BCUT2D eigenvalue weighted by Crippen LogP contribution is 2.39. The summed E-state index contributed by atoms with van der Waals surface area (Å²) in [5.74, 6) is -0.432. The molecule has 2 aliphatic rings. The van der Waals surface area contributed by atoms with E-state index in [0.717, 1.165) is 38.7 Å². The predicted octanol–water partition coefficient (Wildman–Crippen LogP) is 1.14. The number of piperazine rings is 1. The fourth-order valence-electron chi connectivity index (χ4n) is 3.78. The van der Waals surface area contributed by atoms with Crippen LogP contribution >= 0.6 is 0 Å². The fourth-order valence-corrected chi connectivity index (χ4v) is 4.31. The number of halogens is 1. The third-order valence-corrected chi connectivity index (χ3v) is 6.55. The van der Waals surface area contributed by atoms with Gasteiger partial charge in [-0.2, -0.15) is 5.10 Å². The van der Waals surface area contributed by atoms with Gasteiger partial charge >= 0.3 is 0 Å². The second-order valence-corrected chi connectivity index (χ2v) is 9.19. The molecule has 1 aliphatic heterocycles. The highest BCUT2D eigenvalue weighted by atomic mass is 32.2. The van der Waals surface area contributed by atoms with Crippen molar-refractivity contribution in [1.29, 1.82) is 0 Å². The minimum Gasteiger partial charge on any atom is -0.314 e. The molecule has 1 saturated carbocycles. The number of pyridine rings is 1. The van der Waals surface area contributed by atoms with Gasteiger partial charge in [0.2, 0.25) is 0 Å². The number of hydrogen-bond acceptors (Lipinski definition) is 6. The average molecular weight is 379 g/mol. The summed E-state index contributed by atoms with van der Waals surface area (Å²) in [6.45, 7) is 3.25. The molecule has 26 heavy (non-hydrogen) atoms. The lowest BCUT2D eigenvalue weighted by atomic mass is 9.74. The molecule has 9 heteroatoms. The van der Waals surface area contributed by atoms with Gasteiger partial charge in [0.25, 0.3) is 0 Å². The minimum absolute atomic E-state index is 0.0233. The van der Waals surface area contributed by atoms with Gasteiger partial charge in [-0.1, -0.05) is 0 Å². The van der Waals surface area contributed by atoms with E-state index in [-0.39, 0.29) is 16.3 Å². The van der Waals surface area contributed by atoms with E-state index in [1.807, 2.05) is 0 Å². The first-order valence-electron chi connectivity index (χ1n) is 8.73. The van der Waals surface area contributed by atoms with Gasteiger partial charge in [-0.05, 0) is 25.3 Å². The number of nitrogens with zero attached hydrogens (tertiary/aromatic N) is 4. The van der Waals surface area contributed by atoms with Crippen LogP contribution < -0.4 is 5.32 Å². The third kappa shape index (κ3) is 3.04. The van der Waals surface area contributed by atoms with E-state index >= 15 is 4.39 Å². The zero-order chi connectivity index (χ0) is 18.4. The molecular weight excluding hydrogens is 357 g/mol. The Bertz CT molecular complexity index is 923. The van der Waals surface area contributed by atoms with Crippen LogP contribution in [0.15, 0.2) is 29.6 Å². The molecule has 4 rings (SSSR count). The van der Waals surface area contributed by atoms with Gasteiger partial charge in [0.05, 0.1) is 12.4 Å². The van der Waals surface area contributed by atoms with Gasteiger partial charge < -0.3 is 5.32 Å². The summed E-state index contributed by atoms with van der Waals surface area (Å²) in [7, 11) is -3.40. The predicted molar refractivity (Wildman–Crippen MR) is 94.3 cm³/mol. The maximum absolute atomic E-state index is 15.1. The normalized spacial score (nSPS) is 20.2. The van der Waals surface area contributed by atoms with E-state index in [0.29, 0.717) is 12.1 Å². The van der Waals surface area contributed by atoms with Crippen molar-refractivity contribution >= 4 is 9.84 Å². The Balaban J connectivity index is 1.63. The molecule has 2 aromatic rings. The number of sulfone groups is 1. The molecular formula is C17H22FN5O2S. The van der Waals surface area contributed by atoms with E-state index in [1.54, 1.807) is 12.3 Å². The van der Waals surface area contributed by atoms with E-state index in [2.05, 4.69) is 20.3 Å². The molecule has 0 atom stereocenters. The molecule has 0 aromatic carbocycles. The Labute approximate surface area is 152 Å². The van der Waals surface area contributed by atoms with Crippen LogP contribution in [-0.2, 0) is 16.4 Å². The van der Waals surface area contributed by atoms with Crippen LogP contribution in [0.3, 0.4) is 0 Å². The standard InChI is InChI=1S/C17H22FN5O2S/c1-26(24,25)14-9-21-23(11-14)16-15(18)13(3-6-20-16)10-22-8-7-19-12-17(22)4-2-5-17/h3,6,9,11,19H,2,4-5,7-8,10,12H2,1H3. The summed E-state index contributed by atoms with van der Waals surface area (Å²) in [6.07, 6.45) is 8.63. The van der Waals surface area contributed by atoms with Crippen LogP contribution in [0.2, 0.25) is 0 Å². The van der Waals surface area contributed by atoms with Crippen molar-refractivity contribution in [2.24, 2.45) is 0 Å². The lowest BCUT2D eigenvalue weighted by Crippen LogP contribution is -2.64. The van der Waals surface area contributed by atoms with Crippen LogP contribution in [0, 0.1) is 5.82 Å². The molecule has 2 fully saturated rings. The van der Waals surface area contributed by atoms with Crippen molar-refractivity contribution in [3.8, 4) is 5.82 Å². The van der Waals surface area contributed by atoms with E-state index < -0.39 is 15.7 Å². The fraction of sp³-hybridized carbons (Fsp3) is 0.529. The molecule has 0 unspecified atom stereocenters. The maximum atomic E-state index is 15.1. The van der Waals surface area contributed by atoms with E-state index in [4.69, 9.17) is 0 Å². The van der Waals surface area contributed by atoms with Crippen LogP contribution in [0.4, 0.5) is 4.39 Å². The summed E-state index contributed by atoms with van der Waals surface area (Å²) in [4.78, 5) is 6.47. The number of aromatic nitrogens is 3. The first-order valence-corrected chi connectivity index (χ1v) is 10.6. The van der Waals surface area contributed by atoms with Crippen LogP contribution in [0.25, 0.3) is 5.82 Å². The Kier molecular flexibility index (Phi) is 4.32. The van der Waals surface area contributed by atoms with Gasteiger partial charge in [-0.25, -0.2) is 22.5 Å². The van der Waals surface area contributed by atoms with Gasteiger partial charge in [0.15, 0.2) is 21.5 Å².